The number of amides is 1. The van der Waals surface area contributed by atoms with Crippen LogP contribution in [0.1, 0.15) is 16.1 Å². The molecule has 8 nitrogen and oxygen atoms in total. The molecule has 0 aromatic carbocycles. The van der Waals surface area contributed by atoms with Crippen LogP contribution in [0.3, 0.4) is 0 Å². The molecule has 0 fully saturated rings. The molecule has 3 rings (SSSR count). The smallest absolute Gasteiger partial charge is 0.305 e. The number of anilines is 1. The maximum Gasteiger partial charge on any atom is 0.332 e. The molecule has 8 heteroatoms. The predicted molar refractivity (Wildman–Crippen MR) is 89.2 cm³/mol. The van der Waals surface area contributed by atoms with Gasteiger partial charge in [-0.25, -0.2) is 14.8 Å². The second kappa shape index (κ2) is 5.73. The molecule has 0 unspecified atom stereocenters. The number of aromatic nitrogens is 4. The minimum atomic E-state index is -0.502. The average molecular weight is 325 g/mol. The SMILES string of the molecule is Cc1ccc(NC(=O)c2ccc3c(=O)n(C)c(=O)n(C)c3n2)nc1. The maximum absolute atomic E-state index is 12.3. The number of carbonyl (C=O) groups is 1. The van der Waals surface area contributed by atoms with E-state index < -0.39 is 17.2 Å². The maximum atomic E-state index is 12.3. The Labute approximate surface area is 136 Å². The van der Waals surface area contributed by atoms with Crippen LogP contribution in [0.15, 0.2) is 40.1 Å². The van der Waals surface area contributed by atoms with Gasteiger partial charge in [-0.15, -0.1) is 0 Å². The Kier molecular flexibility index (Phi) is 3.72. The van der Waals surface area contributed by atoms with Gasteiger partial charge in [-0.2, -0.15) is 0 Å². The molecule has 1 amide bonds. The summed E-state index contributed by atoms with van der Waals surface area (Å²) in [6.45, 7) is 1.89. The lowest BCUT2D eigenvalue weighted by Gasteiger charge is -2.08. The molecule has 0 radical (unpaired) electrons. The number of nitrogens with zero attached hydrogens (tertiary/aromatic N) is 4. The monoisotopic (exact) mass is 325 g/mol. The van der Waals surface area contributed by atoms with E-state index in [4.69, 9.17) is 0 Å². The number of hydrogen-bond donors (Lipinski definition) is 1. The number of aryl methyl sites for hydroxylation is 2. The fourth-order valence-corrected chi connectivity index (χ4v) is 2.30. The lowest BCUT2D eigenvalue weighted by Crippen LogP contribution is -2.37. The molecule has 1 N–H and O–H groups in total. The van der Waals surface area contributed by atoms with Crippen molar-refractivity contribution >= 4 is 22.8 Å². The van der Waals surface area contributed by atoms with Crippen molar-refractivity contribution in [2.45, 2.75) is 6.92 Å². The summed E-state index contributed by atoms with van der Waals surface area (Å²) in [4.78, 5) is 44.6. The van der Waals surface area contributed by atoms with Gasteiger partial charge in [0.05, 0.1) is 5.39 Å². The summed E-state index contributed by atoms with van der Waals surface area (Å²) in [5, 5.41) is 2.90. The van der Waals surface area contributed by atoms with E-state index in [0.29, 0.717) is 5.82 Å². The third kappa shape index (κ3) is 2.58. The molecule has 0 spiro atoms. The van der Waals surface area contributed by atoms with E-state index in [2.05, 4.69) is 15.3 Å². The molecule has 0 saturated heterocycles. The first-order valence-electron chi connectivity index (χ1n) is 7.19. The lowest BCUT2D eigenvalue weighted by atomic mass is 10.2. The normalized spacial score (nSPS) is 10.8. The van der Waals surface area contributed by atoms with Gasteiger partial charge in [-0.1, -0.05) is 6.07 Å². The summed E-state index contributed by atoms with van der Waals surface area (Å²) in [5.74, 6) is -0.0771. The molecule has 0 saturated carbocycles. The zero-order chi connectivity index (χ0) is 17.4. The minimum absolute atomic E-state index is 0.0909. The molecule has 0 aliphatic heterocycles. The molecular weight excluding hydrogens is 310 g/mol. The third-order valence-corrected chi connectivity index (χ3v) is 3.69. The number of nitrogens with one attached hydrogen (secondary N) is 1. The van der Waals surface area contributed by atoms with Crippen molar-refractivity contribution in [2.24, 2.45) is 14.1 Å². The zero-order valence-corrected chi connectivity index (χ0v) is 13.4. The van der Waals surface area contributed by atoms with Gasteiger partial charge in [0.15, 0.2) is 0 Å². The average Bonchev–Trinajstić information content (AvgIpc) is 2.59. The second-order valence-corrected chi connectivity index (χ2v) is 5.45. The van der Waals surface area contributed by atoms with Crippen LogP contribution in [-0.4, -0.2) is 25.0 Å². The number of pyridine rings is 2. The molecule has 0 aliphatic carbocycles. The largest absolute Gasteiger partial charge is 0.332 e. The lowest BCUT2D eigenvalue weighted by molar-refractivity contribution is 0.102. The zero-order valence-electron chi connectivity index (χ0n) is 13.4. The fourth-order valence-electron chi connectivity index (χ4n) is 2.30. The van der Waals surface area contributed by atoms with Gasteiger partial charge in [-0.05, 0) is 30.7 Å². The highest BCUT2D eigenvalue weighted by atomic mass is 16.2. The number of hydrogen-bond acceptors (Lipinski definition) is 5. The molecule has 122 valence electrons. The Bertz CT molecular complexity index is 1060. The second-order valence-electron chi connectivity index (χ2n) is 5.45. The first-order valence-corrected chi connectivity index (χ1v) is 7.19. The molecule has 3 aromatic rings. The van der Waals surface area contributed by atoms with E-state index >= 15 is 0 Å². The summed E-state index contributed by atoms with van der Waals surface area (Å²) in [6.07, 6.45) is 1.64. The topological polar surface area (TPSA) is 98.9 Å². The summed E-state index contributed by atoms with van der Waals surface area (Å²) in [6, 6.07) is 6.43. The first-order chi connectivity index (χ1) is 11.4. The van der Waals surface area contributed by atoms with E-state index in [1.54, 1.807) is 12.3 Å². The number of fused-ring (bicyclic) bond motifs is 1. The van der Waals surface area contributed by atoms with E-state index in [-0.39, 0.29) is 16.7 Å². The highest BCUT2D eigenvalue weighted by molar-refractivity contribution is 6.03. The quantitative estimate of drug-likeness (QED) is 0.743. The van der Waals surface area contributed by atoms with Crippen molar-refractivity contribution in [3.05, 3.63) is 62.6 Å². The van der Waals surface area contributed by atoms with Crippen LogP contribution >= 0.6 is 0 Å². The highest BCUT2D eigenvalue weighted by Crippen LogP contribution is 2.09. The van der Waals surface area contributed by atoms with E-state index in [0.717, 1.165) is 10.1 Å². The molecule has 24 heavy (non-hydrogen) atoms. The van der Waals surface area contributed by atoms with Crippen molar-refractivity contribution in [3.63, 3.8) is 0 Å². The molecule has 0 bridgehead atoms. The summed E-state index contributed by atoms with van der Waals surface area (Å²) < 4.78 is 2.23. The van der Waals surface area contributed by atoms with Gasteiger partial charge in [0.25, 0.3) is 11.5 Å². The van der Waals surface area contributed by atoms with Crippen LogP contribution in [-0.2, 0) is 14.1 Å². The Morgan fingerprint density at radius 1 is 1.08 bits per heavy atom. The Balaban J connectivity index is 2.04. The highest BCUT2D eigenvalue weighted by Gasteiger charge is 2.14. The van der Waals surface area contributed by atoms with Gasteiger partial charge in [0.1, 0.15) is 17.2 Å². The number of rotatable bonds is 2. The minimum Gasteiger partial charge on any atom is -0.305 e. The molecule has 3 aromatic heterocycles. The van der Waals surface area contributed by atoms with Crippen LogP contribution in [0.4, 0.5) is 5.82 Å². The van der Waals surface area contributed by atoms with Crippen LogP contribution in [0.5, 0.6) is 0 Å². The van der Waals surface area contributed by atoms with Gasteiger partial charge in [-0.3, -0.25) is 18.7 Å². The van der Waals surface area contributed by atoms with Crippen LogP contribution in [0.25, 0.3) is 11.0 Å². The van der Waals surface area contributed by atoms with Gasteiger partial charge in [0, 0.05) is 20.3 Å². The fraction of sp³-hybridized carbons (Fsp3) is 0.188. The third-order valence-electron chi connectivity index (χ3n) is 3.69. The molecular formula is C16H15N5O3. The van der Waals surface area contributed by atoms with E-state index in [9.17, 15) is 14.4 Å². The van der Waals surface area contributed by atoms with Crippen molar-refractivity contribution in [2.75, 3.05) is 5.32 Å². The van der Waals surface area contributed by atoms with Crippen molar-refractivity contribution in [1.29, 1.82) is 0 Å². The Morgan fingerprint density at radius 3 is 2.50 bits per heavy atom. The van der Waals surface area contributed by atoms with Crippen LogP contribution in [0, 0.1) is 6.92 Å². The molecule has 3 heterocycles. The van der Waals surface area contributed by atoms with Crippen molar-refractivity contribution in [3.8, 4) is 0 Å². The molecule has 0 aliphatic rings. The van der Waals surface area contributed by atoms with E-state index in [1.165, 1.54) is 30.8 Å². The van der Waals surface area contributed by atoms with Crippen molar-refractivity contribution in [1.82, 2.24) is 19.1 Å². The summed E-state index contributed by atoms with van der Waals surface area (Å²) >= 11 is 0. The van der Waals surface area contributed by atoms with Gasteiger partial charge in [0.2, 0.25) is 0 Å². The van der Waals surface area contributed by atoms with Gasteiger partial charge >= 0.3 is 5.69 Å². The van der Waals surface area contributed by atoms with E-state index in [1.807, 2.05) is 13.0 Å². The van der Waals surface area contributed by atoms with Gasteiger partial charge < -0.3 is 5.32 Å². The Hall–Kier alpha value is -3.29. The summed E-state index contributed by atoms with van der Waals surface area (Å²) in [5.41, 5.74) is 0.272. The standard InChI is InChI=1S/C16H15N5O3/c1-9-4-7-12(17-8-9)19-14(22)11-6-5-10-13(18-11)20(2)16(24)21(3)15(10)23/h4-8H,1-3H3,(H,17,19,22). The Morgan fingerprint density at radius 2 is 1.83 bits per heavy atom. The first kappa shape index (κ1) is 15.6. The number of carbonyl (C=O) groups excluding carboxylic acids is 1. The van der Waals surface area contributed by atoms with Crippen LogP contribution in [0.2, 0.25) is 0 Å². The van der Waals surface area contributed by atoms with Crippen molar-refractivity contribution < 1.29 is 4.79 Å². The molecule has 0 atom stereocenters. The summed E-state index contributed by atoms with van der Waals surface area (Å²) in [7, 11) is 2.90. The predicted octanol–water partition coefficient (Wildman–Crippen LogP) is 0.588. The van der Waals surface area contributed by atoms with Crippen LogP contribution < -0.4 is 16.6 Å².